The third-order valence-electron chi connectivity index (χ3n) is 3.50. The third-order valence-corrected chi connectivity index (χ3v) is 4.11. The van der Waals surface area contributed by atoms with Crippen LogP contribution < -0.4 is 0 Å². The highest BCUT2D eigenvalue weighted by atomic mass is 79.9. The van der Waals surface area contributed by atoms with Crippen molar-refractivity contribution < 1.29 is 18.7 Å². The lowest BCUT2D eigenvalue weighted by Crippen LogP contribution is -2.40. The first-order valence-corrected chi connectivity index (χ1v) is 7.15. The highest BCUT2D eigenvalue weighted by Crippen LogP contribution is 2.23. The first kappa shape index (κ1) is 15.0. The molecule has 1 heterocycles. The topological polar surface area (TPSA) is 46.6 Å². The van der Waals surface area contributed by atoms with Crippen LogP contribution in [0.15, 0.2) is 22.7 Å². The number of hydrogen-bond donors (Lipinski definition) is 0. The van der Waals surface area contributed by atoms with Gasteiger partial charge in [-0.25, -0.2) is 4.39 Å². The summed E-state index contributed by atoms with van der Waals surface area (Å²) in [6, 6.07) is 4.64. The maximum Gasteiger partial charge on any atom is 0.308 e. The van der Waals surface area contributed by atoms with E-state index in [0.29, 0.717) is 25.9 Å². The number of amides is 1. The molecule has 20 heavy (non-hydrogen) atoms. The zero-order valence-corrected chi connectivity index (χ0v) is 12.7. The number of halogens is 2. The summed E-state index contributed by atoms with van der Waals surface area (Å²) in [5.41, 5.74) is 0.0518. The van der Waals surface area contributed by atoms with Crippen LogP contribution in [0.5, 0.6) is 0 Å². The summed E-state index contributed by atoms with van der Waals surface area (Å²) in [5.74, 6) is -1.30. The molecule has 108 valence electrons. The molecular weight excluding hydrogens is 329 g/mol. The first-order valence-electron chi connectivity index (χ1n) is 6.35. The summed E-state index contributed by atoms with van der Waals surface area (Å²) in [7, 11) is 1.36. The number of benzene rings is 1. The summed E-state index contributed by atoms with van der Waals surface area (Å²) in [6.45, 7) is 0.870. The minimum absolute atomic E-state index is 0.0518. The Morgan fingerprint density at radius 2 is 2.00 bits per heavy atom. The minimum atomic E-state index is -0.549. The normalized spacial score (nSPS) is 16.1. The van der Waals surface area contributed by atoms with E-state index in [4.69, 9.17) is 4.74 Å². The van der Waals surface area contributed by atoms with Gasteiger partial charge in [0, 0.05) is 13.1 Å². The number of rotatable bonds is 2. The standard InChI is InChI=1S/C14H15BrFNO3/c1-20-14(19)9-5-7-17(8-6-9)13(18)10-3-2-4-11(15)12(10)16/h2-4,9H,5-8H2,1H3. The van der Waals surface area contributed by atoms with Crippen LogP contribution in [0.4, 0.5) is 4.39 Å². The predicted molar refractivity (Wildman–Crippen MR) is 74.7 cm³/mol. The zero-order valence-electron chi connectivity index (χ0n) is 11.1. The summed E-state index contributed by atoms with van der Waals surface area (Å²) in [6.07, 6.45) is 1.10. The van der Waals surface area contributed by atoms with Gasteiger partial charge < -0.3 is 9.64 Å². The van der Waals surface area contributed by atoms with Crippen molar-refractivity contribution in [3.8, 4) is 0 Å². The largest absolute Gasteiger partial charge is 0.469 e. The van der Waals surface area contributed by atoms with Gasteiger partial charge in [-0.2, -0.15) is 0 Å². The molecule has 0 saturated carbocycles. The molecular formula is C14H15BrFNO3. The molecule has 1 aromatic carbocycles. The fourth-order valence-electron chi connectivity index (χ4n) is 2.32. The molecule has 0 N–H and O–H groups in total. The maximum absolute atomic E-state index is 13.9. The molecule has 6 heteroatoms. The molecule has 0 radical (unpaired) electrons. The van der Waals surface area contributed by atoms with Crippen molar-refractivity contribution in [3.63, 3.8) is 0 Å². The molecule has 4 nitrogen and oxygen atoms in total. The lowest BCUT2D eigenvalue weighted by atomic mass is 9.96. The van der Waals surface area contributed by atoms with E-state index in [-0.39, 0.29) is 27.8 Å². The van der Waals surface area contributed by atoms with Gasteiger partial charge >= 0.3 is 5.97 Å². The molecule has 0 spiro atoms. The summed E-state index contributed by atoms with van der Waals surface area (Å²) >= 11 is 3.07. The molecule has 1 aromatic rings. The Morgan fingerprint density at radius 3 is 2.60 bits per heavy atom. The number of carbonyl (C=O) groups is 2. The zero-order chi connectivity index (χ0) is 14.7. The van der Waals surface area contributed by atoms with Gasteiger partial charge in [0.05, 0.1) is 23.1 Å². The Hall–Kier alpha value is -1.43. The Bertz CT molecular complexity index is 527. The van der Waals surface area contributed by atoms with Crippen LogP contribution in [0.25, 0.3) is 0 Å². The Balaban J connectivity index is 2.05. The predicted octanol–water partition coefficient (Wildman–Crippen LogP) is 2.61. The second kappa shape index (κ2) is 6.35. The minimum Gasteiger partial charge on any atom is -0.469 e. The van der Waals surface area contributed by atoms with Gasteiger partial charge in [0.2, 0.25) is 0 Å². The van der Waals surface area contributed by atoms with Gasteiger partial charge in [-0.05, 0) is 40.9 Å². The fourth-order valence-corrected chi connectivity index (χ4v) is 2.69. The monoisotopic (exact) mass is 343 g/mol. The van der Waals surface area contributed by atoms with Crippen LogP contribution in [0.1, 0.15) is 23.2 Å². The van der Waals surface area contributed by atoms with Gasteiger partial charge in [-0.15, -0.1) is 0 Å². The van der Waals surface area contributed by atoms with Crippen LogP contribution in [-0.4, -0.2) is 37.0 Å². The number of carbonyl (C=O) groups excluding carboxylic acids is 2. The van der Waals surface area contributed by atoms with Gasteiger partial charge in [0.15, 0.2) is 0 Å². The first-order chi connectivity index (χ1) is 9.54. The Labute approximate surface area is 125 Å². The quantitative estimate of drug-likeness (QED) is 0.775. The molecule has 1 fully saturated rings. The third kappa shape index (κ3) is 3.00. The number of hydrogen-bond acceptors (Lipinski definition) is 3. The van der Waals surface area contributed by atoms with Crippen molar-refractivity contribution >= 4 is 27.8 Å². The van der Waals surface area contributed by atoms with E-state index in [1.807, 2.05) is 0 Å². The van der Waals surface area contributed by atoms with Crippen molar-refractivity contribution in [3.05, 3.63) is 34.1 Å². The Kier molecular flexibility index (Phi) is 4.75. The van der Waals surface area contributed by atoms with Crippen molar-refractivity contribution in [1.29, 1.82) is 0 Å². The SMILES string of the molecule is COC(=O)C1CCN(C(=O)c2cccc(Br)c2F)CC1. The molecule has 1 saturated heterocycles. The molecule has 1 aliphatic heterocycles. The summed E-state index contributed by atoms with van der Waals surface area (Å²) in [5, 5.41) is 0. The molecule has 0 atom stereocenters. The molecule has 2 rings (SSSR count). The van der Waals surface area contributed by atoms with Gasteiger partial charge in [0.25, 0.3) is 5.91 Å². The van der Waals surface area contributed by atoms with Crippen LogP contribution in [0.2, 0.25) is 0 Å². The second-order valence-electron chi connectivity index (χ2n) is 4.69. The molecule has 1 aliphatic rings. The van der Waals surface area contributed by atoms with Crippen molar-refractivity contribution in [2.75, 3.05) is 20.2 Å². The summed E-state index contributed by atoms with van der Waals surface area (Å²) < 4.78 is 18.9. The molecule has 0 aliphatic carbocycles. The molecule has 1 amide bonds. The van der Waals surface area contributed by atoms with E-state index in [9.17, 15) is 14.0 Å². The number of esters is 1. The molecule has 0 unspecified atom stereocenters. The van der Waals surface area contributed by atoms with Crippen LogP contribution in [0.3, 0.4) is 0 Å². The number of ether oxygens (including phenoxy) is 1. The number of methoxy groups -OCH3 is 1. The van der Waals surface area contributed by atoms with Crippen molar-refractivity contribution in [2.24, 2.45) is 5.92 Å². The molecule has 0 aromatic heterocycles. The van der Waals surface area contributed by atoms with Gasteiger partial charge in [0.1, 0.15) is 5.82 Å². The van der Waals surface area contributed by atoms with Gasteiger partial charge in [-0.3, -0.25) is 9.59 Å². The summed E-state index contributed by atoms with van der Waals surface area (Å²) in [4.78, 5) is 25.3. The second-order valence-corrected chi connectivity index (χ2v) is 5.55. The number of nitrogens with zero attached hydrogens (tertiary/aromatic N) is 1. The average Bonchev–Trinajstić information content (AvgIpc) is 2.48. The number of likely N-dealkylation sites (tertiary alicyclic amines) is 1. The Morgan fingerprint density at radius 1 is 1.35 bits per heavy atom. The number of piperidine rings is 1. The van der Waals surface area contributed by atoms with Gasteiger partial charge in [-0.1, -0.05) is 6.07 Å². The van der Waals surface area contributed by atoms with E-state index < -0.39 is 5.82 Å². The fraction of sp³-hybridized carbons (Fsp3) is 0.429. The highest BCUT2D eigenvalue weighted by molar-refractivity contribution is 9.10. The maximum atomic E-state index is 13.9. The van der Waals surface area contributed by atoms with E-state index >= 15 is 0 Å². The van der Waals surface area contributed by atoms with E-state index in [2.05, 4.69) is 15.9 Å². The van der Waals surface area contributed by atoms with Crippen molar-refractivity contribution in [1.82, 2.24) is 4.90 Å². The van der Waals surface area contributed by atoms with Crippen LogP contribution in [-0.2, 0) is 9.53 Å². The van der Waals surface area contributed by atoms with E-state index in [1.54, 1.807) is 17.0 Å². The van der Waals surface area contributed by atoms with Crippen LogP contribution in [0, 0.1) is 11.7 Å². The lowest BCUT2D eigenvalue weighted by molar-refractivity contribution is -0.146. The van der Waals surface area contributed by atoms with E-state index in [0.717, 1.165) is 0 Å². The van der Waals surface area contributed by atoms with Crippen LogP contribution >= 0.6 is 15.9 Å². The highest BCUT2D eigenvalue weighted by Gasteiger charge is 2.29. The smallest absolute Gasteiger partial charge is 0.308 e. The lowest BCUT2D eigenvalue weighted by Gasteiger charge is -2.30. The average molecular weight is 344 g/mol. The molecule has 0 bridgehead atoms. The van der Waals surface area contributed by atoms with Crippen molar-refractivity contribution in [2.45, 2.75) is 12.8 Å². The van der Waals surface area contributed by atoms with E-state index in [1.165, 1.54) is 13.2 Å².